The molecular weight excluding hydrogens is 368 g/mol. The second-order valence-electron chi connectivity index (χ2n) is 5.87. The lowest BCUT2D eigenvalue weighted by atomic mass is 10.1. The lowest BCUT2D eigenvalue weighted by Crippen LogP contribution is -2.30. The van der Waals surface area contributed by atoms with Gasteiger partial charge in [0.25, 0.3) is 0 Å². The molecule has 0 saturated carbocycles. The third-order valence-electron chi connectivity index (χ3n) is 3.69. The summed E-state index contributed by atoms with van der Waals surface area (Å²) in [5, 5.41) is 14.9. The van der Waals surface area contributed by atoms with E-state index in [1.165, 1.54) is 28.7 Å². The van der Waals surface area contributed by atoms with Crippen molar-refractivity contribution in [3.8, 4) is 0 Å². The molecule has 0 aliphatic carbocycles. The van der Waals surface area contributed by atoms with E-state index >= 15 is 0 Å². The Morgan fingerprint density at radius 1 is 1.31 bits per heavy atom. The molecule has 8 heteroatoms. The third-order valence-corrected chi connectivity index (χ3v) is 5.72. The van der Waals surface area contributed by atoms with Gasteiger partial charge in [-0.3, -0.25) is 4.79 Å². The molecule has 0 spiro atoms. The van der Waals surface area contributed by atoms with Crippen LogP contribution in [0.1, 0.15) is 23.8 Å². The first-order chi connectivity index (χ1) is 12.5. The van der Waals surface area contributed by atoms with Gasteiger partial charge in [-0.05, 0) is 44.5 Å². The highest BCUT2D eigenvalue weighted by Crippen LogP contribution is 2.31. The molecule has 3 rings (SSSR count). The lowest BCUT2D eigenvalue weighted by Gasteiger charge is -2.09. The van der Waals surface area contributed by atoms with E-state index in [4.69, 9.17) is 4.42 Å². The van der Waals surface area contributed by atoms with Crippen LogP contribution in [0.25, 0.3) is 0 Å². The molecule has 0 radical (unpaired) electrons. The fourth-order valence-corrected chi connectivity index (χ4v) is 4.25. The first-order valence-electron chi connectivity index (χ1n) is 8.16. The number of aromatic nitrogens is 2. The maximum atomic E-state index is 12.2. The van der Waals surface area contributed by atoms with E-state index in [0.29, 0.717) is 11.7 Å². The first kappa shape index (κ1) is 18.5. The highest BCUT2D eigenvalue weighted by atomic mass is 32.2. The summed E-state index contributed by atoms with van der Waals surface area (Å²) in [7, 11) is 0. The smallest absolute Gasteiger partial charge is 0.233 e. The highest BCUT2D eigenvalue weighted by molar-refractivity contribution is 8.02. The molecule has 1 atom stereocenters. The molecule has 1 aromatic carbocycles. The van der Waals surface area contributed by atoms with Gasteiger partial charge in [-0.25, -0.2) is 0 Å². The number of benzene rings is 1. The molecule has 0 fully saturated rings. The minimum absolute atomic E-state index is 0.0644. The van der Waals surface area contributed by atoms with Crippen molar-refractivity contribution in [2.45, 2.75) is 36.9 Å². The van der Waals surface area contributed by atoms with Crippen molar-refractivity contribution in [2.75, 3.05) is 5.32 Å². The number of thioether (sulfide) groups is 1. The van der Waals surface area contributed by atoms with Crippen LogP contribution in [0.4, 0.5) is 10.8 Å². The molecule has 0 aliphatic heterocycles. The summed E-state index contributed by atoms with van der Waals surface area (Å²) in [6.45, 7) is 6.35. The molecule has 3 aromatic rings. The fraction of sp³-hybridized carbons (Fsp3) is 0.278. The van der Waals surface area contributed by atoms with Gasteiger partial charge >= 0.3 is 0 Å². The maximum absolute atomic E-state index is 12.2. The molecule has 6 nitrogen and oxygen atoms in total. The summed E-state index contributed by atoms with van der Waals surface area (Å²) < 4.78 is 5.96. The van der Waals surface area contributed by atoms with E-state index in [-0.39, 0.29) is 11.2 Å². The summed E-state index contributed by atoms with van der Waals surface area (Å²) in [4.78, 5) is 12.2. The van der Waals surface area contributed by atoms with Crippen molar-refractivity contribution in [3.63, 3.8) is 0 Å². The van der Waals surface area contributed by atoms with Gasteiger partial charge in [-0.2, -0.15) is 0 Å². The number of carbonyl (C=O) groups excluding carboxylic acids is 1. The Balaban J connectivity index is 1.54. The minimum Gasteiger partial charge on any atom is -0.467 e. The summed E-state index contributed by atoms with van der Waals surface area (Å²) in [5.74, 6) is 0.664. The monoisotopic (exact) mass is 388 g/mol. The molecular formula is C18H20N4O2S2. The molecule has 0 saturated heterocycles. The second-order valence-corrected chi connectivity index (χ2v) is 8.44. The lowest BCUT2D eigenvalue weighted by molar-refractivity contribution is -0.120. The van der Waals surface area contributed by atoms with Gasteiger partial charge < -0.3 is 15.1 Å². The van der Waals surface area contributed by atoms with Crippen LogP contribution in [0, 0.1) is 13.8 Å². The van der Waals surface area contributed by atoms with Crippen molar-refractivity contribution >= 4 is 39.8 Å². The number of furan rings is 1. The number of anilines is 2. The number of rotatable bonds is 7. The molecule has 0 aliphatic rings. The van der Waals surface area contributed by atoms with Crippen LogP contribution < -0.4 is 10.6 Å². The summed E-state index contributed by atoms with van der Waals surface area (Å²) in [6, 6.07) is 9.82. The normalized spacial score (nSPS) is 12.0. The summed E-state index contributed by atoms with van der Waals surface area (Å²) in [5.41, 5.74) is 3.38. The number of nitrogens with zero attached hydrogens (tertiary/aromatic N) is 2. The van der Waals surface area contributed by atoms with E-state index in [1.54, 1.807) is 12.3 Å². The van der Waals surface area contributed by atoms with Crippen LogP contribution in [0.5, 0.6) is 0 Å². The first-order valence-corrected chi connectivity index (χ1v) is 9.85. The largest absolute Gasteiger partial charge is 0.467 e. The van der Waals surface area contributed by atoms with E-state index in [2.05, 4.69) is 46.8 Å². The SMILES string of the molecule is Cc1ccc(Nc2nnc(S[C@H](C)C(=O)NCc3ccco3)s2)c(C)c1. The van der Waals surface area contributed by atoms with Crippen LogP contribution >= 0.6 is 23.1 Å². The Morgan fingerprint density at radius 2 is 2.15 bits per heavy atom. The molecule has 1 amide bonds. The quantitative estimate of drug-likeness (QED) is 0.588. The Bertz CT molecular complexity index is 877. The standard InChI is InChI=1S/C18H20N4O2S2/c1-11-6-7-15(12(2)9-11)20-17-21-22-18(26-17)25-13(3)16(23)19-10-14-5-4-8-24-14/h4-9,13H,10H2,1-3H3,(H,19,23)(H,20,21)/t13-/m1/s1. The molecule has 0 bridgehead atoms. The molecule has 2 N–H and O–H groups in total. The highest BCUT2D eigenvalue weighted by Gasteiger charge is 2.17. The van der Waals surface area contributed by atoms with Crippen molar-refractivity contribution in [1.29, 1.82) is 0 Å². The number of nitrogens with one attached hydrogen (secondary N) is 2. The molecule has 136 valence electrons. The summed E-state index contributed by atoms with van der Waals surface area (Å²) >= 11 is 2.82. The van der Waals surface area contributed by atoms with Gasteiger partial charge in [0.1, 0.15) is 5.76 Å². The fourth-order valence-electron chi connectivity index (χ4n) is 2.31. The van der Waals surface area contributed by atoms with Gasteiger partial charge in [0.2, 0.25) is 11.0 Å². The van der Waals surface area contributed by atoms with Gasteiger partial charge in [-0.1, -0.05) is 40.8 Å². The van der Waals surface area contributed by atoms with Crippen molar-refractivity contribution in [3.05, 3.63) is 53.5 Å². The van der Waals surface area contributed by atoms with E-state index < -0.39 is 0 Å². The number of amides is 1. The number of carbonyl (C=O) groups is 1. The van der Waals surface area contributed by atoms with Gasteiger partial charge in [0, 0.05) is 5.69 Å². The number of aryl methyl sites for hydroxylation is 2. The Labute approximate surface area is 160 Å². The van der Waals surface area contributed by atoms with Crippen LogP contribution in [0.2, 0.25) is 0 Å². The Hall–Kier alpha value is -2.32. The molecule has 0 unspecified atom stereocenters. The van der Waals surface area contributed by atoms with Gasteiger partial charge in [0.05, 0.1) is 18.1 Å². The van der Waals surface area contributed by atoms with Crippen molar-refractivity contribution < 1.29 is 9.21 Å². The molecule has 2 heterocycles. The van der Waals surface area contributed by atoms with Crippen LogP contribution in [-0.2, 0) is 11.3 Å². The van der Waals surface area contributed by atoms with E-state index in [0.717, 1.165) is 21.4 Å². The van der Waals surface area contributed by atoms with E-state index in [1.807, 2.05) is 19.1 Å². The minimum atomic E-state index is -0.271. The average Bonchev–Trinajstić information content (AvgIpc) is 3.27. The Kier molecular flexibility index (Phi) is 5.95. The van der Waals surface area contributed by atoms with Gasteiger partial charge in [0.15, 0.2) is 4.34 Å². The molecule has 2 aromatic heterocycles. The predicted octanol–water partition coefficient (Wildman–Crippen LogP) is 4.29. The third kappa shape index (κ3) is 4.86. The van der Waals surface area contributed by atoms with Crippen LogP contribution in [0.15, 0.2) is 45.4 Å². The van der Waals surface area contributed by atoms with Crippen LogP contribution in [0.3, 0.4) is 0 Å². The number of hydrogen-bond acceptors (Lipinski definition) is 7. The number of hydrogen-bond donors (Lipinski definition) is 2. The summed E-state index contributed by atoms with van der Waals surface area (Å²) in [6.07, 6.45) is 1.59. The maximum Gasteiger partial charge on any atom is 0.233 e. The second kappa shape index (κ2) is 8.37. The van der Waals surface area contributed by atoms with Gasteiger partial charge in [-0.15, -0.1) is 10.2 Å². The van der Waals surface area contributed by atoms with Crippen molar-refractivity contribution in [2.24, 2.45) is 0 Å². The topological polar surface area (TPSA) is 80.0 Å². The zero-order valence-electron chi connectivity index (χ0n) is 14.8. The molecule has 26 heavy (non-hydrogen) atoms. The van der Waals surface area contributed by atoms with E-state index in [9.17, 15) is 4.79 Å². The average molecular weight is 389 g/mol. The Morgan fingerprint density at radius 3 is 2.88 bits per heavy atom. The van der Waals surface area contributed by atoms with Crippen molar-refractivity contribution in [1.82, 2.24) is 15.5 Å². The zero-order chi connectivity index (χ0) is 18.5. The van der Waals surface area contributed by atoms with Crippen LogP contribution in [-0.4, -0.2) is 21.4 Å². The predicted molar refractivity (Wildman–Crippen MR) is 105 cm³/mol. The zero-order valence-corrected chi connectivity index (χ0v) is 16.4.